The zero-order chi connectivity index (χ0) is 17.5. The van der Waals surface area contributed by atoms with Crippen LogP contribution in [0.3, 0.4) is 0 Å². The number of nitrogens with one attached hydrogen (secondary N) is 2. The number of ether oxygens (including phenoxy) is 1. The van der Waals surface area contributed by atoms with E-state index >= 15 is 0 Å². The van der Waals surface area contributed by atoms with Crippen LogP contribution < -0.4 is 15.4 Å². The molecule has 0 fully saturated rings. The molecule has 0 spiro atoms. The molecule has 126 valence electrons. The lowest BCUT2D eigenvalue weighted by molar-refractivity contribution is 0.0977. The number of hydrogen-bond acceptors (Lipinski definition) is 3. The van der Waals surface area contributed by atoms with E-state index in [0.29, 0.717) is 17.9 Å². The van der Waals surface area contributed by atoms with Crippen molar-refractivity contribution in [3.8, 4) is 5.75 Å². The van der Waals surface area contributed by atoms with E-state index in [0.717, 1.165) is 23.2 Å². The van der Waals surface area contributed by atoms with E-state index < -0.39 is 0 Å². The summed E-state index contributed by atoms with van der Waals surface area (Å²) in [5, 5.41) is 6.00. The number of rotatable bonds is 5. The van der Waals surface area contributed by atoms with Gasteiger partial charge >= 0.3 is 0 Å². The fourth-order valence-corrected chi connectivity index (χ4v) is 2.54. The number of benzene rings is 2. The molecule has 4 nitrogen and oxygen atoms in total. The Morgan fingerprint density at radius 1 is 1.12 bits per heavy atom. The van der Waals surface area contributed by atoms with Crippen LogP contribution in [-0.4, -0.2) is 17.6 Å². The molecule has 0 aromatic heterocycles. The van der Waals surface area contributed by atoms with Gasteiger partial charge < -0.3 is 10.1 Å². The zero-order valence-corrected chi connectivity index (χ0v) is 15.0. The SMILES string of the molecule is CCCOc1cccc(C(=O)NC(=S)Nc2cc(C)cc(C)c2)c1. The third-order valence-corrected chi connectivity index (χ3v) is 3.48. The fraction of sp³-hybridized carbons (Fsp3) is 0.263. The first kappa shape index (κ1) is 17.9. The summed E-state index contributed by atoms with van der Waals surface area (Å²) in [6, 6.07) is 13.1. The first-order valence-electron chi connectivity index (χ1n) is 7.91. The predicted molar refractivity (Wildman–Crippen MR) is 102 cm³/mol. The van der Waals surface area contributed by atoms with Crippen molar-refractivity contribution in [2.45, 2.75) is 27.2 Å². The van der Waals surface area contributed by atoms with Crippen LogP contribution in [-0.2, 0) is 0 Å². The van der Waals surface area contributed by atoms with Crippen LogP contribution in [0.4, 0.5) is 5.69 Å². The van der Waals surface area contributed by atoms with Gasteiger partial charge in [0.25, 0.3) is 5.91 Å². The molecule has 2 aromatic rings. The Morgan fingerprint density at radius 3 is 2.50 bits per heavy atom. The van der Waals surface area contributed by atoms with E-state index in [2.05, 4.69) is 16.7 Å². The molecule has 0 heterocycles. The quantitative estimate of drug-likeness (QED) is 0.799. The highest BCUT2D eigenvalue weighted by atomic mass is 32.1. The highest BCUT2D eigenvalue weighted by Gasteiger charge is 2.09. The highest BCUT2D eigenvalue weighted by Crippen LogP contribution is 2.15. The van der Waals surface area contributed by atoms with Crippen LogP contribution >= 0.6 is 12.2 Å². The van der Waals surface area contributed by atoms with Gasteiger partial charge in [-0.15, -0.1) is 0 Å². The number of carbonyl (C=O) groups is 1. The third kappa shape index (κ3) is 5.35. The van der Waals surface area contributed by atoms with Crippen molar-refractivity contribution in [1.82, 2.24) is 5.32 Å². The second kappa shape index (κ2) is 8.45. The summed E-state index contributed by atoms with van der Waals surface area (Å²) in [7, 11) is 0. The van der Waals surface area contributed by atoms with Crippen LogP contribution in [0, 0.1) is 13.8 Å². The monoisotopic (exact) mass is 342 g/mol. The molecule has 5 heteroatoms. The Kier molecular flexibility index (Phi) is 6.32. The summed E-state index contributed by atoms with van der Waals surface area (Å²) in [6.07, 6.45) is 0.917. The topological polar surface area (TPSA) is 50.4 Å². The minimum absolute atomic E-state index is 0.265. The molecule has 0 aliphatic carbocycles. The average Bonchev–Trinajstić information content (AvgIpc) is 2.52. The number of amides is 1. The second-order valence-corrected chi connectivity index (χ2v) is 6.07. The molecule has 0 saturated heterocycles. The van der Waals surface area contributed by atoms with E-state index in [1.165, 1.54) is 0 Å². The molecule has 1 amide bonds. The van der Waals surface area contributed by atoms with Gasteiger partial charge in [0.2, 0.25) is 0 Å². The van der Waals surface area contributed by atoms with Gasteiger partial charge in [-0.25, -0.2) is 0 Å². The smallest absolute Gasteiger partial charge is 0.257 e. The lowest BCUT2D eigenvalue weighted by Crippen LogP contribution is -2.34. The minimum atomic E-state index is -0.265. The van der Waals surface area contributed by atoms with Crippen molar-refractivity contribution in [3.63, 3.8) is 0 Å². The van der Waals surface area contributed by atoms with Crippen LogP contribution in [0.5, 0.6) is 5.75 Å². The lowest BCUT2D eigenvalue weighted by Gasteiger charge is -2.12. The fourth-order valence-electron chi connectivity index (χ4n) is 2.33. The van der Waals surface area contributed by atoms with Crippen LogP contribution in [0.25, 0.3) is 0 Å². The Hall–Kier alpha value is -2.40. The van der Waals surface area contributed by atoms with E-state index in [1.54, 1.807) is 18.2 Å². The third-order valence-electron chi connectivity index (χ3n) is 3.28. The summed E-state index contributed by atoms with van der Waals surface area (Å²) in [5.41, 5.74) is 3.63. The number of thiocarbonyl (C=S) groups is 1. The molecule has 0 unspecified atom stereocenters. The molecule has 0 saturated carbocycles. The van der Waals surface area contributed by atoms with Gasteiger partial charge in [-0.2, -0.15) is 0 Å². The first-order chi connectivity index (χ1) is 11.5. The Bertz CT molecular complexity index is 724. The van der Waals surface area contributed by atoms with E-state index in [9.17, 15) is 4.79 Å². The van der Waals surface area contributed by atoms with Gasteiger partial charge in [0, 0.05) is 11.3 Å². The summed E-state index contributed by atoms with van der Waals surface area (Å²) in [4.78, 5) is 12.3. The Balaban J connectivity index is 1.99. The number of anilines is 1. The molecule has 24 heavy (non-hydrogen) atoms. The van der Waals surface area contributed by atoms with Gasteiger partial charge in [-0.3, -0.25) is 10.1 Å². The summed E-state index contributed by atoms with van der Waals surface area (Å²) in [5.74, 6) is 0.413. The molecule has 2 N–H and O–H groups in total. The molecule has 0 bridgehead atoms. The first-order valence-corrected chi connectivity index (χ1v) is 8.32. The molecular formula is C19H22N2O2S. The molecular weight excluding hydrogens is 320 g/mol. The van der Waals surface area contributed by atoms with Gasteiger partial charge in [-0.05, 0) is 73.9 Å². The molecule has 2 rings (SSSR count). The van der Waals surface area contributed by atoms with Crippen LogP contribution in [0.2, 0.25) is 0 Å². The van der Waals surface area contributed by atoms with Crippen molar-refractivity contribution in [3.05, 3.63) is 59.2 Å². The standard InChI is InChI=1S/C19H22N2O2S/c1-4-8-23-17-7-5-6-15(12-17)18(22)21-19(24)20-16-10-13(2)9-14(3)11-16/h5-7,9-12H,4,8H2,1-3H3,(H2,20,21,22,24). The van der Waals surface area contributed by atoms with Crippen molar-refractivity contribution >= 4 is 28.9 Å². The van der Waals surface area contributed by atoms with E-state index in [4.69, 9.17) is 17.0 Å². The normalized spacial score (nSPS) is 10.1. The summed E-state index contributed by atoms with van der Waals surface area (Å²) in [6.45, 7) is 6.69. The molecule has 0 aliphatic rings. The Labute approximate surface area is 148 Å². The van der Waals surface area contributed by atoms with E-state index in [1.807, 2.05) is 39.0 Å². The van der Waals surface area contributed by atoms with Gasteiger partial charge in [0.15, 0.2) is 5.11 Å². The summed E-state index contributed by atoms with van der Waals surface area (Å²) < 4.78 is 5.54. The highest BCUT2D eigenvalue weighted by molar-refractivity contribution is 7.80. The maximum atomic E-state index is 12.3. The van der Waals surface area contributed by atoms with Crippen molar-refractivity contribution in [2.75, 3.05) is 11.9 Å². The van der Waals surface area contributed by atoms with Crippen LogP contribution in [0.15, 0.2) is 42.5 Å². The maximum absolute atomic E-state index is 12.3. The molecule has 2 aromatic carbocycles. The number of aryl methyl sites for hydroxylation is 2. The largest absolute Gasteiger partial charge is 0.494 e. The van der Waals surface area contributed by atoms with Crippen molar-refractivity contribution in [1.29, 1.82) is 0 Å². The van der Waals surface area contributed by atoms with Crippen molar-refractivity contribution < 1.29 is 9.53 Å². The average molecular weight is 342 g/mol. The second-order valence-electron chi connectivity index (χ2n) is 5.66. The zero-order valence-electron chi connectivity index (χ0n) is 14.2. The number of hydrogen-bond donors (Lipinski definition) is 2. The predicted octanol–water partition coefficient (Wildman–Crippen LogP) is 4.22. The number of carbonyl (C=O) groups excluding carboxylic acids is 1. The van der Waals surface area contributed by atoms with Crippen molar-refractivity contribution in [2.24, 2.45) is 0 Å². The Morgan fingerprint density at radius 2 is 1.83 bits per heavy atom. The summed E-state index contributed by atoms with van der Waals surface area (Å²) >= 11 is 5.23. The van der Waals surface area contributed by atoms with Gasteiger partial charge in [0.05, 0.1) is 6.61 Å². The molecule has 0 atom stereocenters. The lowest BCUT2D eigenvalue weighted by atomic mass is 10.1. The van der Waals surface area contributed by atoms with Crippen LogP contribution in [0.1, 0.15) is 34.8 Å². The van der Waals surface area contributed by atoms with E-state index in [-0.39, 0.29) is 11.0 Å². The minimum Gasteiger partial charge on any atom is -0.494 e. The van der Waals surface area contributed by atoms with Gasteiger partial charge in [-0.1, -0.05) is 19.1 Å². The van der Waals surface area contributed by atoms with Gasteiger partial charge in [0.1, 0.15) is 5.75 Å². The molecule has 0 radical (unpaired) electrons. The molecule has 0 aliphatic heterocycles. The maximum Gasteiger partial charge on any atom is 0.257 e.